The van der Waals surface area contributed by atoms with Crippen molar-refractivity contribution in [2.75, 3.05) is 24.3 Å². The molecule has 0 atom stereocenters. The summed E-state index contributed by atoms with van der Waals surface area (Å²) in [6, 6.07) is 16.5. The van der Waals surface area contributed by atoms with E-state index in [1.54, 1.807) is 12.1 Å². The molecule has 4 nitrogen and oxygen atoms in total. The second-order valence-electron chi connectivity index (χ2n) is 4.24. The molecule has 0 saturated heterocycles. The number of carbonyl (C=O) groups excluding carboxylic acids is 1. The maximum absolute atomic E-state index is 11.8. The van der Waals surface area contributed by atoms with Gasteiger partial charge in [0.2, 0.25) is 0 Å². The summed E-state index contributed by atoms with van der Waals surface area (Å²) in [7, 11) is 3.84. The summed E-state index contributed by atoms with van der Waals surface area (Å²) >= 11 is 0. The van der Waals surface area contributed by atoms with Gasteiger partial charge in [0.05, 0.1) is 11.4 Å². The summed E-state index contributed by atoms with van der Waals surface area (Å²) < 4.78 is 5.18. The Kier molecular flexibility index (Phi) is 4.03. The molecule has 0 heterocycles. The molecule has 0 aromatic heterocycles. The number of para-hydroxylation sites is 3. The normalized spacial score (nSPS) is 9.79. The molecule has 0 aliphatic carbocycles. The second kappa shape index (κ2) is 5.91. The Labute approximate surface area is 112 Å². The van der Waals surface area contributed by atoms with Crippen molar-refractivity contribution in [3.63, 3.8) is 0 Å². The van der Waals surface area contributed by atoms with Gasteiger partial charge in [0, 0.05) is 14.1 Å². The third-order valence-electron chi connectivity index (χ3n) is 2.58. The van der Waals surface area contributed by atoms with Gasteiger partial charge in [-0.15, -0.1) is 0 Å². The van der Waals surface area contributed by atoms with Gasteiger partial charge in [0.25, 0.3) is 0 Å². The average molecular weight is 256 g/mol. The van der Waals surface area contributed by atoms with Crippen molar-refractivity contribution in [2.45, 2.75) is 0 Å². The van der Waals surface area contributed by atoms with Gasteiger partial charge < -0.3 is 9.64 Å². The quantitative estimate of drug-likeness (QED) is 0.915. The van der Waals surface area contributed by atoms with Crippen LogP contribution in [0.2, 0.25) is 0 Å². The molecule has 0 spiro atoms. The number of hydrogen-bond acceptors (Lipinski definition) is 3. The van der Waals surface area contributed by atoms with Crippen LogP contribution in [0.3, 0.4) is 0 Å². The molecule has 2 aromatic carbocycles. The lowest BCUT2D eigenvalue weighted by molar-refractivity contribution is 0.215. The fourth-order valence-electron chi connectivity index (χ4n) is 1.70. The summed E-state index contributed by atoms with van der Waals surface area (Å²) in [6.45, 7) is 0. The smallest absolute Gasteiger partial charge is 0.410 e. The average Bonchev–Trinajstić information content (AvgIpc) is 2.40. The molecule has 0 fully saturated rings. The zero-order valence-corrected chi connectivity index (χ0v) is 11.0. The molecule has 0 saturated carbocycles. The lowest BCUT2D eigenvalue weighted by Crippen LogP contribution is -2.19. The Balaban J connectivity index is 2.07. The number of anilines is 2. The van der Waals surface area contributed by atoms with E-state index in [1.165, 1.54) is 0 Å². The number of nitrogens with zero attached hydrogens (tertiary/aromatic N) is 1. The fourth-order valence-corrected chi connectivity index (χ4v) is 1.70. The summed E-state index contributed by atoms with van der Waals surface area (Å²) in [5.41, 5.74) is 1.64. The van der Waals surface area contributed by atoms with Crippen LogP contribution in [0.15, 0.2) is 54.6 Å². The summed E-state index contributed by atoms with van der Waals surface area (Å²) in [4.78, 5) is 13.7. The van der Waals surface area contributed by atoms with Crippen molar-refractivity contribution in [3.05, 3.63) is 54.6 Å². The van der Waals surface area contributed by atoms with Crippen molar-refractivity contribution < 1.29 is 9.53 Å². The third kappa shape index (κ3) is 3.48. The first-order chi connectivity index (χ1) is 9.16. The van der Waals surface area contributed by atoms with Crippen LogP contribution >= 0.6 is 0 Å². The number of ether oxygens (including phenoxy) is 1. The van der Waals surface area contributed by atoms with E-state index in [0.717, 1.165) is 5.69 Å². The Morgan fingerprint density at radius 3 is 2.32 bits per heavy atom. The molecule has 19 heavy (non-hydrogen) atoms. The zero-order chi connectivity index (χ0) is 13.7. The molecule has 4 heteroatoms. The van der Waals surface area contributed by atoms with Gasteiger partial charge in [0.15, 0.2) is 0 Å². The SMILES string of the molecule is CN(C)c1ccccc1NC(=O)Oc1ccccc1. The van der Waals surface area contributed by atoms with Gasteiger partial charge in [0.1, 0.15) is 5.75 Å². The zero-order valence-electron chi connectivity index (χ0n) is 11.0. The first-order valence-corrected chi connectivity index (χ1v) is 5.97. The van der Waals surface area contributed by atoms with Crippen LogP contribution in [0.4, 0.5) is 16.2 Å². The Bertz CT molecular complexity index is 553. The monoisotopic (exact) mass is 256 g/mol. The van der Waals surface area contributed by atoms with Crippen molar-refractivity contribution in [2.24, 2.45) is 0 Å². The van der Waals surface area contributed by atoms with E-state index in [0.29, 0.717) is 11.4 Å². The van der Waals surface area contributed by atoms with Gasteiger partial charge in [-0.25, -0.2) is 4.79 Å². The van der Waals surface area contributed by atoms with E-state index < -0.39 is 6.09 Å². The van der Waals surface area contributed by atoms with Gasteiger partial charge in [-0.2, -0.15) is 0 Å². The van der Waals surface area contributed by atoms with Crippen LogP contribution in [-0.2, 0) is 0 Å². The number of nitrogens with one attached hydrogen (secondary N) is 1. The Morgan fingerprint density at radius 1 is 1.00 bits per heavy atom. The standard InChI is InChI=1S/C15H16N2O2/c1-17(2)14-11-7-6-10-13(14)16-15(18)19-12-8-4-3-5-9-12/h3-11H,1-2H3,(H,16,18). The van der Waals surface area contributed by atoms with Crippen molar-refractivity contribution in [3.8, 4) is 5.75 Å². The summed E-state index contributed by atoms with van der Waals surface area (Å²) in [6.07, 6.45) is -0.500. The van der Waals surface area contributed by atoms with Gasteiger partial charge >= 0.3 is 6.09 Å². The van der Waals surface area contributed by atoms with E-state index >= 15 is 0 Å². The first kappa shape index (κ1) is 13.0. The largest absolute Gasteiger partial charge is 0.417 e. The minimum atomic E-state index is -0.500. The van der Waals surface area contributed by atoms with Crippen LogP contribution in [0.5, 0.6) is 5.75 Å². The molecule has 0 radical (unpaired) electrons. The fraction of sp³-hybridized carbons (Fsp3) is 0.133. The maximum atomic E-state index is 11.8. The van der Waals surface area contributed by atoms with Crippen molar-refractivity contribution >= 4 is 17.5 Å². The van der Waals surface area contributed by atoms with Crippen LogP contribution in [0, 0.1) is 0 Å². The predicted octanol–water partition coefficient (Wildman–Crippen LogP) is 3.36. The lowest BCUT2D eigenvalue weighted by atomic mass is 10.2. The minimum Gasteiger partial charge on any atom is -0.410 e. The molecule has 0 aliphatic heterocycles. The van der Waals surface area contributed by atoms with Crippen LogP contribution in [-0.4, -0.2) is 20.2 Å². The molecule has 0 unspecified atom stereocenters. The molecule has 0 bridgehead atoms. The minimum absolute atomic E-state index is 0.500. The number of benzene rings is 2. The highest BCUT2D eigenvalue weighted by molar-refractivity contribution is 5.90. The number of amides is 1. The Morgan fingerprint density at radius 2 is 1.63 bits per heavy atom. The Hall–Kier alpha value is -2.49. The molecule has 0 aliphatic rings. The maximum Gasteiger partial charge on any atom is 0.417 e. The molecular formula is C15H16N2O2. The number of carbonyl (C=O) groups is 1. The molecule has 1 N–H and O–H groups in total. The van der Waals surface area contributed by atoms with Crippen molar-refractivity contribution in [1.82, 2.24) is 0 Å². The van der Waals surface area contributed by atoms with Crippen molar-refractivity contribution in [1.29, 1.82) is 0 Å². The van der Waals surface area contributed by atoms with Gasteiger partial charge in [-0.05, 0) is 24.3 Å². The molecular weight excluding hydrogens is 240 g/mol. The predicted molar refractivity (Wildman–Crippen MR) is 76.9 cm³/mol. The van der Waals surface area contributed by atoms with E-state index in [9.17, 15) is 4.79 Å². The molecule has 98 valence electrons. The van der Waals surface area contributed by atoms with Crippen LogP contribution < -0.4 is 15.0 Å². The highest BCUT2D eigenvalue weighted by Gasteiger charge is 2.09. The number of rotatable bonds is 3. The first-order valence-electron chi connectivity index (χ1n) is 5.97. The second-order valence-corrected chi connectivity index (χ2v) is 4.24. The summed E-state index contributed by atoms with van der Waals surface area (Å²) in [5.74, 6) is 0.516. The van der Waals surface area contributed by atoms with E-state index in [1.807, 2.05) is 61.5 Å². The molecule has 1 amide bonds. The van der Waals surface area contributed by atoms with Crippen LogP contribution in [0.25, 0.3) is 0 Å². The van der Waals surface area contributed by atoms with Gasteiger partial charge in [-0.3, -0.25) is 5.32 Å². The highest BCUT2D eigenvalue weighted by Crippen LogP contribution is 2.23. The number of hydrogen-bond donors (Lipinski definition) is 1. The molecule has 2 aromatic rings. The van der Waals surface area contributed by atoms with E-state index in [4.69, 9.17) is 4.74 Å². The highest BCUT2D eigenvalue weighted by atomic mass is 16.6. The summed E-state index contributed by atoms with van der Waals surface area (Å²) in [5, 5.41) is 2.74. The van der Waals surface area contributed by atoms with Gasteiger partial charge in [-0.1, -0.05) is 30.3 Å². The van der Waals surface area contributed by atoms with Crippen LogP contribution in [0.1, 0.15) is 0 Å². The topological polar surface area (TPSA) is 41.6 Å². The third-order valence-corrected chi connectivity index (χ3v) is 2.58. The van der Waals surface area contributed by atoms with E-state index in [2.05, 4.69) is 5.32 Å². The lowest BCUT2D eigenvalue weighted by Gasteiger charge is -2.17. The van der Waals surface area contributed by atoms with E-state index in [-0.39, 0.29) is 0 Å². The molecule has 2 rings (SSSR count).